The summed E-state index contributed by atoms with van der Waals surface area (Å²) in [5.74, 6) is 0.220. The van der Waals surface area contributed by atoms with Gasteiger partial charge in [0.25, 0.3) is 11.5 Å². The largest absolute Gasteiger partial charge is 0.332 e. The van der Waals surface area contributed by atoms with Crippen LogP contribution in [0.3, 0.4) is 0 Å². The molecule has 0 aliphatic carbocycles. The second kappa shape index (κ2) is 9.00. The molecule has 0 saturated heterocycles. The normalized spacial score (nSPS) is 12.1. The summed E-state index contributed by atoms with van der Waals surface area (Å²) in [7, 11) is 1.68. The van der Waals surface area contributed by atoms with Crippen LogP contribution in [-0.2, 0) is 0 Å². The van der Waals surface area contributed by atoms with E-state index in [1.54, 1.807) is 46.8 Å². The zero-order valence-electron chi connectivity index (χ0n) is 18.8. The Hall–Kier alpha value is -3.15. The van der Waals surface area contributed by atoms with Crippen LogP contribution in [0.5, 0.6) is 0 Å². The molecular weight excluding hydrogens is 457 g/mol. The average molecular weight is 480 g/mol. The van der Waals surface area contributed by atoms with Crippen LogP contribution in [0, 0.1) is 13.8 Å². The van der Waals surface area contributed by atoms with Crippen LogP contribution < -0.4 is 5.56 Å². The molecule has 7 heteroatoms. The first kappa shape index (κ1) is 23.0. The predicted octanol–water partition coefficient (Wildman–Crippen LogP) is 6.14. The highest BCUT2D eigenvalue weighted by atomic mass is 35.5. The number of para-hydroxylation sites is 1. The van der Waals surface area contributed by atoms with Gasteiger partial charge in [-0.05, 0) is 62.7 Å². The molecule has 0 aliphatic rings. The van der Waals surface area contributed by atoms with Crippen molar-refractivity contribution in [2.24, 2.45) is 0 Å². The maximum Gasteiger partial charge on any atom is 0.266 e. The number of carbonyl (C=O) groups excluding carboxylic acids is 1. The molecule has 0 fully saturated rings. The lowest BCUT2D eigenvalue weighted by molar-refractivity contribution is 0.0735. The minimum Gasteiger partial charge on any atom is -0.332 e. The standard InChI is InChI=1S/C26H23Cl2N3O2/c1-15-9-12-23(16(2)13-15)31-24(29-22-8-6-5-7-19(22)26(31)33)17(3)30(4)25(32)18-10-11-20(27)21(28)14-18/h5-14,17H,1-4H3. The summed E-state index contributed by atoms with van der Waals surface area (Å²) < 4.78 is 1.61. The molecule has 0 spiro atoms. The quantitative estimate of drug-likeness (QED) is 0.353. The SMILES string of the molecule is Cc1ccc(-n2c(C(C)N(C)C(=O)c3ccc(Cl)c(Cl)c3)nc3ccccc3c2=O)c(C)c1. The second-order valence-corrected chi connectivity index (χ2v) is 8.95. The second-order valence-electron chi connectivity index (χ2n) is 8.14. The fourth-order valence-corrected chi connectivity index (χ4v) is 4.20. The molecule has 1 heterocycles. The van der Waals surface area contributed by atoms with Crippen molar-refractivity contribution in [2.45, 2.75) is 26.8 Å². The number of hydrogen-bond donors (Lipinski definition) is 0. The fourth-order valence-electron chi connectivity index (χ4n) is 3.90. The Morgan fingerprint density at radius 3 is 2.42 bits per heavy atom. The zero-order valence-corrected chi connectivity index (χ0v) is 20.3. The molecule has 0 saturated carbocycles. The van der Waals surface area contributed by atoms with Gasteiger partial charge in [-0.15, -0.1) is 0 Å². The molecule has 0 bridgehead atoms. The topological polar surface area (TPSA) is 55.2 Å². The highest BCUT2D eigenvalue weighted by Gasteiger charge is 2.25. The van der Waals surface area contributed by atoms with Gasteiger partial charge in [-0.3, -0.25) is 14.2 Å². The molecule has 1 aromatic heterocycles. The van der Waals surface area contributed by atoms with Crippen LogP contribution in [0.1, 0.15) is 40.3 Å². The lowest BCUT2D eigenvalue weighted by atomic mass is 10.1. The molecular formula is C26H23Cl2N3O2. The van der Waals surface area contributed by atoms with Gasteiger partial charge in [0.1, 0.15) is 5.82 Å². The highest BCUT2D eigenvalue weighted by molar-refractivity contribution is 6.42. The maximum atomic E-state index is 13.6. The van der Waals surface area contributed by atoms with E-state index in [4.69, 9.17) is 28.2 Å². The molecule has 1 atom stereocenters. The van der Waals surface area contributed by atoms with Crippen molar-refractivity contribution in [3.8, 4) is 5.69 Å². The maximum absolute atomic E-state index is 13.6. The molecule has 33 heavy (non-hydrogen) atoms. The van der Waals surface area contributed by atoms with Gasteiger partial charge >= 0.3 is 0 Å². The molecule has 3 aromatic carbocycles. The number of aromatic nitrogens is 2. The van der Waals surface area contributed by atoms with E-state index in [1.807, 2.05) is 51.1 Å². The van der Waals surface area contributed by atoms with E-state index in [0.29, 0.717) is 32.3 Å². The first-order valence-corrected chi connectivity index (χ1v) is 11.3. The number of nitrogens with zero attached hydrogens (tertiary/aromatic N) is 3. The minimum absolute atomic E-state index is 0.176. The van der Waals surface area contributed by atoms with Crippen molar-refractivity contribution in [3.05, 3.63) is 104 Å². The number of aryl methyl sites for hydroxylation is 2. The van der Waals surface area contributed by atoms with Gasteiger partial charge in [-0.2, -0.15) is 0 Å². The van der Waals surface area contributed by atoms with Crippen molar-refractivity contribution in [2.75, 3.05) is 7.05 Å². The van der Waals surface area contributed by atoms with Gasteiger partial charge in [0.2, 0.25) is 0 Å². The lowest BCUT2D eigenvalue weighted by Crippen LogP contribution is -2.35. The Morgan fingerprint density at radius 2 is 1.73 bits per heavy atom. The predicted molar refractivity (Wildman–Crippen MR) is 134 cm³/mol. The summed E-state index contributed by atoms with van der Waals surface area (Å²) in [6.07, 6.45) is 0. The fraction of sp³-hybridized carbons (Fsp3) is 0.192. The van der Waals surface area contributed by atoms with Crippen LogP contribution in [-0.4, -0.2) is 27.4 Å². The number of fused-ring (bicyclic) bond motifs is 1. The third-order valence-electron chi connectivity index (χ3n) is 5.84. The third-order valence-corrected chi connectivity index (χ3v) is 6.58. The van der Waals surface area contributed by atoms with Crippen molar-refractivity contribution >= 4 is 40.0 Å². The number of amides is 1. The highest BCUT2D eigenvalue weighted by Crippen LogP contribution is 2.27. The van der Waals surface area contributed by atoms with E-state index >= 15 is 0 Å². The van der Waals surface area contributed by atoms with E-state index in [-0.39, 0.29) is 11.5 Å². The van der Waals surface area contributed by atoms with E-state index in [0.717, 1.165) is 16.8 Å². The van der Waals surface area contributed by atoms with Crippen molar-refractivity contribution in [1.82, 2.24) is 14.5 Å². The third kappa shape index (κ3) is 4.26. The van der Waals surface area contributed by atoms with Crippen LogP contribution >= 0.6 is 23.2 Å². The van der Waals surface area contributed by atoms with Crippen LogP contribution in [0.2, 0.25) is 10.0 Å². The Morgan fingerprint density at radius 1 is 1.00 bits per heavy atom. The zero-order chi connectivity index (χ0) is 23.9. The minimum atomic E-state index is -0.509. The van der Waals surface area contributed by atoms with Crippen LogP contribution in [0.4, 0.5) is 0 Å². The van der Waals surface area contributed by atoms with Gasteiger partial charge in [-0.1, -0.05) is 53.0 Å². The van der Waals surface area contributed by atoms with Gasteiger partial charge in [0.15, 0.2) is 0 Å². The van der Waals surface area contributed by atoms with Gasteiger partial charge in [0, 0.05) is 12.6 Å². The molecule has 1 amide bonds. The number of benzene rings is 3. The Bertz CT molecular complexity index is 1450. The van der Waals surface area contributed by atoms with Crippen molar-refractivity contribution in [3.63, 3.8) is 0 Å². The van der Waals surface area contributed by atoms with E-state index in [1.165, 1.54) is 0 Å². The van der Waals surface area contributed by atoms with E-state index in [9.17, 15) is 9.59 Å². The van der Waals surface area contributed by atoms with E-state index < -0.39 is 6.04 Å². The number of halogens is 2. The molecule has 0 aliphatic heterocycles. The molecule has 4 aromatic rings. The molecule has 168 valence electrons. The summed E-state index contributed by atoms with van der Waals surface area (Å²) >= 11 is 12.1. The Kier molecular flexibility index (Phi) is 6.28. The number of rotatable bonds is 4. The molecule has 5 nitrogen and oxygen atoms in total. The smallest absolute Gasteiger partial charge is 0.266 e. The first-order valence-electron chi connectivity index (χ1n) is 10.5. The molecule has 1 unspecified atom stereocenters. The summed E-state index contributed by atoms with van der Waals surface area (Å²) in [4.78, 5) is 33.2. The van der Waals surface area contributed by atoms with E-state index in [2.05, 4.69) is 0 Å². The molecule has 4 rings (SSSR count). The van der Waals surface area contributed by atoms with Gasteiger partial charge in [-0.25, -0.2) is 4.98 Å². The monoisotopic (exact) mass is 479 g/mol. The first-order chi connectivity index (χ1) is 15.7. The van der Waals surface area contributed by atoms with Crippen LogP contribution in [0.25, 0.3) is 16.6 Å². The van der Waals surface area contributed by atoms with Crippen molar-refractivity contribution < 1.29 is 4.79 Å². The Balaban J connectivity index is 1.89. The number of hydrogen-bond acceptors (Lipinski definition) is 3. The van der Waals surface area contributed by atoms with Crippen molar-refractivity contribution in [1.29, 1.82) is 0 Å². The number of carbonyl (C=O) groups is 1. The van der Waals surface area contributed by atoms with Gasteiger partial charge < -0.3 is 4.90 Å². The summed E-state index contributed by atoms with van der Waals surface area (Å²) in [6.45, 7) is 5.82. The summed E-state index contributed by atoms with van der Waals surface area (Å²) in [6, 6.07) is 17.4. The molecule has 0 radical (unpaired) electrons. The lowest BCUT2D eigenvalue weighted by Gasteiger charge is -2.27. The Labute approximate surface area is 202 Å². The van der Waals surface area contributed by atoms with Crippen LogP contribution in [0.15, 0.2) is 65.5 Å². The molecule has 0 N–H and O–H groups in total. The summed E-state index contributed by atoms with van der Waals surface area (Å²) in [5.41, 5.74) is 3.59. The average Bonchev–Trinajstić information content (AvgIpc) is 2.80. The summed E-state index contributed by atoms with van der Waals surface area (Å²) in [5, 5.41) is 1.20. The van der Waals surface area contributed by atoms with Gasteiger partial charge in [0.05, 0.1) is 32.7 Å².